The highest BCUT2D eigenvalue weighted by Crippen LogP contribution is 2.05. The first-order valence-corrected chi connectivity index (χ1v) is 6.96. The summed E-state index contributed by atoms with van der Waals surface area (Å²) < 4.78 is 0. The van der Waals surface area contributed by atoms with E-state index in [9.17, 15) is 9.59 Å². The van der Waals surface area contributed by atoms with Crippen LogP contribution in [0.25, 0.3) is 6.08 Å². The predicted octanol–water partition coefficient (Wildman–Crippen LogP) is 2.86. The molecular weight excluding hydrogens is 292 g/mol. The number of rotatable bonds is 5. The number of carbonyl (C=O) groups is 2. The maximum Gasteiger partial charge on any atom is 0.335 e. The molecule has 5 nitrogen and oxygen atoms in total. The van der Waals surface area contributed by atoms with Gasteiger partial charge in [0.05, 0.1) is 11.8 Å². The number of hydrogen-bond acceptors (Lipinski definition) is 3. The van der Waals surface area contributed by atoms with Gasteiger partial charge in [0, 0.05) is 6.08 Å². The normalized spacial score (nSPS) is 11.0. The first kappa shape index (κ1) is 16.2. The largest absolute Gasteiger partial charge is 0.478 e. The van der Waals surface area contributed by atoms with E-state index in [4.69, 9.17) is 5.11 Å². The van der Waals surface area contributed by atoms with Crippen molar-refractivity contribution < 1.29 is 14.7 Å². The molecule has 1 amide bonds. The van der Waals surface area contributed by atoms with Crippen molar-refractivity contribution in [3.8, 4) is 0 Å². The van der Waals surface area contributed by atoms with Crippen molar-refractivity contribution in [2.45, 2.75) is 6.92 Å². The van der Waals surface area contributed by atoms with Crippen LogP contribution in [0.1, 0.15) is 27.0 Å². The van der Waals surface area contributed by atoms with Crippen LogP contribution in [0.3, 0.4) is 0 Å². The quantitative estimate of drug-likeness (QED) is 0.506. The zero-order valence-electron chi connectivity index (χ0n) is 12.6. The molecule has 2 N–H and O–H groups in total. The van der Waals surface area contributed by atoms with Crippen molar-refractivity contribution in [1.82, 2.24) is 5.43 Å². The third-order valence-electron chi connectivity index (χ3n) is 3.05. The van der Waals surface area contributed by atoms with Crippen LogP contribution in [0.2, 0.25) is 0 Å². The smallest absolute Gasteiger partial charge is 0.335 e. The third kappa shape index (κ3) is 5.24. The van der Waals surface area contributed by atoms with E-state index < -0.39 is 5.97 Å². The Bertz CT molecular complexity index is 745. The van der Waals surface area contributed by atoms with E-state index in [1.54, 1.807) is 18.2 Å². The number of nitrogens with one attached hydrogen (secondary N) is 1. The zero-order chi connectivity index (χ0) is 16.7. The van der Waals surface area contributed by atoms with Gasteiger partial charge in [-0.25, -0.2) is 10.2 Å². The first-order chi connectivity index (χ1) is 11.0. The number of nitrogens with zero attached hydrogens (tertiary/aromatic N) is 1. The van der Waals surface area contributed by atoms with Crippen LogP contribution in [-0.4, -0.2) is 23.2 Å². The number of carboxylic acids is 1. The summed E-state index contributed by atoms with van der Waals surface area (Å²) in [6.45, 7) is 2.00. The van der Waals surface area contributed by atoms with E-state index in [-0.39, 0.29) is 11.5 Å². The molecular formula is C18H16N2O3. The van der Waals surface area contributed by atoms with Gasteiger partial charge >= 0.3 is 5.97 Å². The lowest BCUT2D eigenvalue weighted by atomic mass is 10.1. The third-order valence-corrected chi connectivity index (χ3v) is 3.05. The van der Waals surface area contributed by atoms with Crippen molar-refractivity contribution in [1.29, 1.82) is 0 Å². The topological polar surface area (TPSA) is 78.8 Å². The number of hydrazone groups is 1. The summed E-state index contributed by atoms with van der Waals surface area (Å²) in [4.78, 5) is 22.4. The predicted molar refractivity (Wildman–Crippen MR) is 89.4 cm³/mol. The second kappa shape index (κ2) is 7.70. The number of amides is 1. The lowest BCUT2D eigenvalue weighted by Gasteiger charge is -1.97. The van der Waals surface area contributed by atoms with Gasteiger partial charge in [-0.15, -0.1) is 0 Å². The van der Waals surface area contributed by atoms with Crippen LogP contribution in [-0.2, 0) is 4.79 Å². The Morgan fingerprint density at radius 2 is 1.61 bits per heavy atom. The van der Waals surface area contributed by atoms with Crippen molar-refractivity contribution in [2.75, 3.05) is 0 Å². The van der Waals surface area contributed by atoms with Crippen molar-refractivity contribution in [2.24, 2.45) is 5.10 Å². The van der Waals surface area contributed by atoms with Crippen LogP contribution in [0.4, 0.5) is 0 Å². The highest BCUT2D eigenvalue weighted by molar-refractivity contribution is 5.93. The van der Waals surface area contributed by atoms with Crippen molar-refractivity contribution in [3.05, 3.63) is 76.9 Å². The van der Waals surface area contributed by atoms with Crippen LogP contribution < -0.4 is 5.43 Å². The molecule has 0 aliphatic heterocycles. The van der Waals surface area contributed by atoms with Crippen LogP contribution in [0, 0.1) is 6.92 Å². The van der Waals surface area contributed by atoms with Gasteiger partial charge in [-0.2, -0.15) is 5.10 Å². The second-order valence-electron chi connectivity index (χ2n) is 4.91. The van der Waals surface area contributed by atoms with E-state index in [1.165, 1.54) is 24.4 Å². The summed E-state index contributed by atoms with van der Waals surface area (Å²) in [5, 5.41) is 12.6. The zero-order valence-corrected chi connectivity index (χ0v) is 12.6. The minimum absolute atomic E-state index is 0.201. The summed E-state index contributed by atoms with van der Waals surface area (Å²) in [5.74, 6) is -1.33. The lowest BCUT2D eigenvalue weighted by molar-refractivity contribution is -0.116. The number of carbonyl (C=O) groups excluding carboxylic acids is 1. The monoisotopic (exact) mass is 308 g/mol. The Kier molecular flexibility index (Phi) is 5.41. The lowest BCUT2D eigenvalue weighted by Crippen LogP contribution is -2.14. The Morgan fingerprint density at radius 3 is 2.22 bits per heavy atom. The maximum absolute atomic E-state index is 11.6. The van der Waals surface area contributed by atoms with E-state index in [1.807, 2.05) is 31.2 Å². The summed E-state index contributed by atoms with van der Waals surface area (Å²) in [7, 11) is 0. The minimum Gasteiger partial charge on any atom is -0.478 e. The van der Waals surface area contributed by atoms with Crippen molar-refractivity contribution >= 4 is 24.2 Å². The molecule has 2 aromatic rings. The minimum atomic E-state index is -0.983. The van der Waals surface area contributed by atoms with Gasteiger partial charge in [-0.3, -0.25) is 4.79 Å². The van der Waals surface area contributed by atoms with Gasteiger partial charge in [0.1, 0.15) is 0 Å². The number of hydrogen-bond donors (Lipinski definition) is 2. The van der Waals surface area contributed by atoms with Gasteiger partial charge in [-0.05, 0) is 36.3 Å². The molecule has 2 rings (SSSR count). The van der Waals surface area contributed by atoms with Gasteiger partial charge in [0.15, 0.2) is 0 Å². The van der Waals surface area contributed by atoms with E-state index in [0.717, 1.165) is 11.1 Å². The van der Waals surface area contributed by atoms with Crippen LogP contribution in [0.15, 0.2) is 59.7 Å². The molecule has 0 aliphatic rings. The molecule has 23 heavy (non-hydrogen) atoms. The standard InChI is InChI=1S/C18H16N2O3/c1-13-2-4-14(5-3-13)8-11-17(21)20-19-12-15-6-9-16(10-7-15)18(22)23/h2-12H,1H3,(H,20,21)(H,22,23)/b11-8+,19-12-. The van der Waals surface area contributed by atoms with E-state index in [0.29, 0.717) is 5.56 Å². The SMILES string of the molecule is Cc1ccc(/C=C/C(=O)N/N=C\c2ccc(C(=O)O)cc2)cc1. The molecule has 0 aromatic heterocycles. The molecule has 116 valence electrons. The van der Waals surface area contributed by atoms with Gasteiger partial charge in [0.25, 0.3) is 5.91 Å². The van der Waals surface area contributed by atoms with Gasteiger partial charge in [-0.1, -0.05) is 42.0 Å². The molecule has 0 fully saturated rings. The molecule has 0 saturated carbocycles. The summed E-state index contributed by atoms with van der Waals surface area (Å²) >= 11 is 0. The second-order valence-corrected chi connectivity index (χ2v) is 4.91. The molecule has 0 heterocycles. The average Bonchev–Trinajstić information content (AvgIpc) is 2.55. The Labute approximate surface area is 134 Å². The van der Waals surface area contributed by atoms with Gasteiger partial charge < -0.3 is 5.11 Å². The molecule has 0 bridgehead atoms. The molecule has 5 heteroatoms. The molecule has 0 radical (unpaired) electrons. The fourth-order valence-corrected chi connectivity index (χ4v) is 1.77. The summed E-state index contributed by atoms with van der Waals surface area (Å²) in [6.07, 6.45) is 4.55. The highest BCUT2D eigenvalue weighted by atomic mass is 16.4. The van der Waals surface area contributed by atoms with Crippen LogP contribution in [0.5, 0.6) is 0 Å². The maximum atomic E-state index is 11.6. The van der Waals surface area contributed by atoms with E-state index in [2.05, 4.69) is 10.5 Å². The fraction of sp³-hybridized carbons (Fsp3) is 0.0556. The number of carboxylic acid groups (broad SMARTS) is 1. The van der Waals surface area contributed by atoms with Gasteiger partial charge in [0.2, 0.25) is 0 Å². The van der Waals surface area contributed by atoms with Crippen molar-refractivity contribution in [3.63, 3.8) is 0 Å². The molecule has 0 atom stereocenters. The molecule has 0 unspecified atom stereocenters. The Balaban J connectivity index is 1.88. The summed E-state index contributed by atoms with van der Waals surface area (Å²) in [5.41, 5.74) is 5.36. The van der Waals surface area contributed by atoms with Crippen LogP contribution >= 0.6 is 0 Å². The number of benzene rings is 2. The average molecular weight is 308 g/mol. The van der Waals surface area contributed by atoms with E-state index >= 15 is 0 Å². The Morgan fingerprint density at radius 1 is 1.00 bits per heavy atom. The first-order valence-electron chi connectivity index (χ1n) is 6.96. The Hall–Kier alpha value is -3.21. The molecule has 2 aromatic carbocycles. The number of aryl methyl sites for hydroxylation is 1. The molecule has 0 aliphatic carbocycles. The number of aromatic carboxylic acids is 1. The molecule has 0 spiro atoms. The molecule has 0 saturated heterocycles. The highest BCUT2D eigenvalue weighted by Gasteiger charge is 2.00. The summed E-state index contributed by atoms with van der Waals surface area (Å²) in [6, 6.07) is 14.0. The fourth-order valence-electron chi connectivity index (χ4n) is 1.77.